The van der Waals surface area contributed by atoms with Crippen molar-refractivity contribution in [1.29, 1.82) is 0 Å². The number of carbonyl (C=O) groups excluding carboxylic acids is 5. The first-order valence-electron chi connectivity index (χ1n) is 14.8. The second-order valence-electron chi connectivity index (χ2n) is 10.9. The summed E-state index contributed by atoms with van der Waals surface area (Å²) in [4.78, 5) is 62.6. The number of azo groups is 2. The Hall–Kier alpha value is -5.59. The summed E-state index contributed by atoms with van der Waals surface area (Å²) in [5, 5.41) is 25.1. The SMILES string of the molecule is CC(=O)C(N=Nc1ccc(NC(=O)c2ccc(N=NC(C(C)=O)C(=O)Nc3ccc(Cl)cc3C)cc2)cc1)C(=O)Nc1ccc(Cl)cc1C. The van der Waals surface area contributed by atoms with Crippen LogP contribution >= 0.6 is 23.2 Å². The minimum atomic E-state index is -1.37. The fourth-order valence-corrected chi connectivity index (χ4v) is 4.77. The van der Waals surface area contributed by atoms with E-state index in [1.165, 1.54) is 38.1 Å². The molecular weight excluding hydrogens is 669 g/mol. The first-order valence-corrected chi connectivity index (χ1v) is 15.5. The molecule has 3 N–H and O–H groups in total. The van der Waals surface area contributed by atoms with Crippen LogP contribution in [-0.2, 0) is 19.2 Å². The van der Waals surface area contributed by atoms with E-state index in [0.717, 1.165) is 11.1 Å². The summed E-state index contributed by atoms with van der Waals surface area (Å²) in [5.41, 5.74) is 3.90. The molecule has 0 fully saturated rings. The summed E-state index contributed by atoms with van der Waals surface area (Å²) in [6.07, 6.45) is 0. The summed E-state index contributed by atoms with van der Waals surface area (Å²) >= 11 is 11.9. The van der Waals surface area contributed by atoms with Gasteiger partial charge in [0.15, 0.2) is 11.6 Å². The van der Waals surface area contributed by atoms with Crippen molar-refractivity contribution in [2.75, 3.05) is 16.0 Å². The molecule has 4 rings (SSSR count). The summed E-state index contributed by atoms with van der Waals surface area (Å²) < 4.78 is 0. The number of hydrogen-bond acceptors (Lipinski definition) is 9. The number of Topliss-reactive ketones (excluding diaryl/α,β-unsaturated/α-hetero) is 2. The highest BCUT2D eigenvalue weighted by molar-refractivity contribution is 6.31. The van der Waals surface area contributed by atoms with Gasteiger partial charge in [-0.25, -0.2) is 0 Å². The van der Waals surface area contributed by atoms with Crippen LogP contribution in [0.25, 0.3) is 0 Å². The Balaban J connectivity index is 1.34. The highest BCUT2D eigenvalue weighted by Crippen LogP contribution is 2.23. The Labute approximate surface area is 292 Å². The zero-order valence-corrected chi connectivity index (χ0v) is 28.3. The van der Waals surface area contributed by atoms with Crippen molar-refractivity contribution in [3.05, 3.63) is 112 Å². The quantitative estimate of drug-likeness (QED) is 0.0997. The molecule has 12 nitrogen and oxygen atoms in total. The van der Waals surface area contributed by atoms with Crippen molar-refractivity contribution in [3.63, 3.8) is 0 Å². The third-order valence-corrected chi connectivity index (χ3v) is 7.46. The van der Waals surface area contributed by atoms with Crippen LogP contribution in [0.2, 0.25) is 10.0 Å². The summed E-state index contributed by atoms with van der Waals surface area (Å²) in [6, 6.07) is 19.5. The molecule has 0 aromatic heterocycles. The van der Waals surface area contributed by atoms with E-state index in [4.69, 9.17) is 23.2 Å². The van der Waals surface area contributed by atoms with Gasteiger partial charge in [-0.1, -0.05) is 23.2 Å². The van der Waals surface area contributed by atoms with Gasteiger partial charge in [0.25, 0.3) is 17.7 Å². The van der Waals surface area contributed by atoms with Gasteiger partial charge in [0.2, 0.25) is 12.1 Å². The molecule has 0 radical (unpaired) electrons. The van der Waals surface area contributed by atoms with Gasteiger partial charge in [-0.2, -0.15) is 20.5 Å². The zero-order chi connectivity index (χ0) is 35.7. The number of halogens is 2. The predicted molar refractivity (Wildman–Crippen MR) is 188 cm³/mol. The molecule has 4 aromatic rings. The summed E-state index contributed by atoms with van der Waals surface area (Å²) in [7, 11) is 0. The number of ketones is 2. The van der Waals surface area contributed by atoms with Crippen molar-refractivity contribution < 1.29 is 24.0 Å². The molecule has 250 valence electrons. The second-order valence-corrected chi connectivity index (χ2v) is 11.8. The van der Waals surface area contributed by atoms with Gasteiger partial charge in [0.1, 0.15) is 0 Å². The summed E-state index contributed by atoms with van der Waals surface area (Å²) in [6.45, 7) is 6.04. The summed E-state index contributed by atoms with van der Waals surface area (Å²) in [5.74, 6) is -2.67. The maximum atomic E-state index is 12.8. The van der Waals surface area contributed by atoms with Gasteiger partial charge in [0, 0.05) is 32.7 Å². The van der Waals surface area contributed by atoms with Crippen LogP contribution in [0.3, 0.4) is 0 Å². The monoisotopic (exact) mass is 699 g/mol. The van der Waals surface area contributed by atoms with Crippen LogP contribution in [0.5, 0.6) is 0 Å². The standard InChI is InChI=1S/C35H31Cl2N7O5/c1-19-17-24(36)7-15-29(19)39-34(48)31(21(3)45)43-41-27-9-5-23(6-10-27)33(47)38-26-11-13-28(14-12-26)42-44-32(22(4)46)35(49)40-30-16-8-25(37)18-20(30)2/h5-18,31-32H,1-4H3,(H,38,47)(H,39,48)(H,40,49). The molecule has 14 heteroatoms. The lowest BCUT2D eigenvalue weighted by Gasteiger charge is -2.12. The normalized spacial score (nSPS) is 12.4. The molecule has 0 aliphatic heterocycles. The molecule has 4 aromatic carbocycles. The molecule has 2 unspecified atom stereocenters. The molecule has 0 bridgehead atoms. The lowest BCUT2D eigenvalue weighted by Crippen LogP contribution is -2.32. The molecule has 0 aliphatic rings. The molecular formula is C35H31Cl2N7O5. The van der Waals surface area contributed by atoms with Crippen molar-refractivity contribution in [2.45, 2.75) is 39.8 Å². The zero-order valence-electron chi connectivity index (χ0n) is 26.8. The van der Waals surface area contributed by atoms with E-state index in [1.54, 1.807) is 74.5 Å². The molecule has 0 aliphatic carbocycles. The average Bonchev–Trinajstić information content (AvgIpc) is 3.04. The Morgan fingerprint density at radius 3 is 1.37 bits per heavy atom. The molecule has 0 saturated carbocycles. The third kappa shape index (κ3) is 10.2. The Bertz CT molecular complexity index is 1960. The van der Waals surface area contributed by atoms with Gasteiger partial charge in [-0.15, -0.1) is 0 Å². The van der Waals surface area contributed by atoms with E-state index in [0.29, 0.717) is 44.0 Å². The van der Waals surface area contributed by atoms with Crippen LogP contribution in [0.1, 0.15) is 35.3 Å². The van der Waals surface area contributed by atoms with Crippen LogP contribution < -0.4 is 16.0 Å². The van der Waals surface area contributed by atoms with Crippen LogP contribution in [0, 0.1) is 13.8 Å². The van der Waals surface area contributed by atoms with Crippen molar-refractivity contribution in [1.82, 2.24) is 0 Å². The van der Waals surface area contributed by atoms with Crippen molar-refractivity contribution in [3.8, 4) is 0 Å². The number of nitrogens with zero attached hydrogens (tertiary/aromatic N) is 4. The van der Waals surface area contributed by atoms with Gasteiger partial charge in [-0.05, 0) is 124 Å². The topological polar surface area (TPSA) is 171 Å². The number of anilines is 3. The van der Waals surface area contributed by atoms with E-state index < -0.39 is 41.4 Å². The van der Waals surface area contributed by atoms with Gasteiger partial charge in [0.05, 0.1) is 11.4 Å². The highest BCUT2D eigenvalue weighted by Gasteiger charge is 2.25. The largest absolute Gasteiger partial charge is 0.324 e. The van der Waals surface area contributed by atoms with Gasteiger partial charge < -0.3 is 16.0 Å². The number of nitrogens with one attached hydrogen (secondary N) is 3. The number of amides is 3. The van der Waals surface area contributed by atoms with E-state index in [9.17, 15) is 24.0 Å². The van der Waals surface area contributed by atoms with Crippen molar-refractivity contribution in [2.24, 2.45) is 20.5 Å². The van der Waals surface area contributed by atoms with E-state index >= 15 is 0 Å². The average molecular weight is 701 g/mol. The second kappa shape index (κ2) is 16.5. The van der Waals surface area contributed by atoms with Crippen LogP contribution in [-0.4, -0.2) is 41.4 Å². The Morgan fingerprint density at radius 1 is 0.571 bits per heavy atom. The maximum absolute atomic E-state index is 12.8. The minimum absolute atomic E-state index is 0.313. The van der Waals surface area contributed by atoms with Gasteiger partial charge in [-0.3, -0.25) is 24.0 Å². The molecule has 0 spiro atoms. The smallest absolute Gasteiger partial charge is 0.258 e. The number of rotatable bonds is 12. The Morgan fingerprint density at radius 2 is 0.980 bits per heavy atom. The minimum Gasteiger partial charge on any atom is -0.324 e. The third-order valence-electron chi connectivity index (χ3n) is 6.99. The highest BCUT2D eigenvalue weighted by atomic mass is 35.5. The molecule has 3 amide bonds. The fraction of sp³-hybridized carbons (Fsp3) is 0.171. The molecule has 2 atom stereocenters. The molecule has 0 saturated heterocycles. The number of benzene rings is 4. The number of hydrogen-bond donors (Lipinski definition) is 3. The predicted octanol–water partition coefficient (Wildman–Crippen LogP) is 8.22. The van der Waals surface area contributed by atoms with Crippen molar-refractivity contribution >= 4 is 80.9 Å². The van der Waals surface area contributed by atoms with E-state index in [1.807, 2.05) is 0 Å². The first-order chi connectivity index (χ1) is 23.3. The fourth-order valence-electron chi connectivity index (χ4n) is 4.32. The molecule has 0 heterocycles. The number of carbonyl (C=O) groups is 5. The van der Waals surface area contributed by atoms with E-state index in [-0.39, 0.29) is 0 Å². The van der Waals surface area contributed by atoms with Crippen LogP contribution in [0.15, 0.2) is 105 Å². The number of aryl methyl sites for hydroxylation is 2. The first kappa shape index (κ1) is 36.2. The van der Waals surface area contributed by atoms with Crippen LogP contribution in [0.4, 0.5) is 28.4 Å². The van der Waals surface area contributed by atoms with E-state index in [2.05, 4.69) is 36.4 Å². The lowest BCUT2D eigenvalue weighted by molar-refractivity contribution is -0.127. The lowest BCUT2D eigenvalue weighted by atomic mass is 10.1. The van der Waals surface area contributed by atoms with Gasteiger partial charge >= 0.3 is 0 Å². The molecule has 49 heavy (non-hydrogen) atoms. The Kier molecular flexibility index (Phi) is 12.2. The maximum Gasteiger partial charge on any atom is 0.258 e.